The van der Waals surface area contributed by atoms with Crippen LogP contribution >= 0.6 is 23.2 Å². The fourth-order valence-electron chi connectivity index (χ4n) is 3.42. The number of rotatable bonds is 5. The molecule has 0 fully saturated rings. The number of nitrogens with zero attached hydrogens (tertiary/aromatic N) is 1. The van der Waals surface area contributed by atoms with Gasteiger partial charge in [-0.2, -0.15) is 0 Å². The molecule has 154 valence electrons. The average molecular weight is 461 g/mol. The van der Waals surface area contributed by atoms with Gasteiger partial charge in [0.2, 0.25) is 10.0 Å². The van der Waals surface area contributed by atoms with E-state index < -0.39 is 10.0 Å². The van der Waals surface area contributed by atoms with Gasteiger partial charge in [0, 0.05) is 34.4 Å². The van der Waals surface area contributed by atoms with Crippen LogP contribution in [0.25, 0.3) is 0 Å². The number of hydrogen-bond acceptors (Lipinski definition) is 3. The van der Waals surface area contributed by atoms with Crippen LogP contribution in [0.1, 0.15) is 21.5 Å². The van der Waals surface area contributed by atoms with E-state index in [0.29, 0.717) is 28.6 Å². The zero-order valence-electron chi connectivity index (χ0n) is 15.8. The number of carbonyl (C=O) groups is 1. The highest BCUT2D eigenvalue weighted by Crippen LogP contribution is 2.30. The minimum absolute atomic E-state index is 0.0835. The highest BCUT2D eigenvalue weighted by molar-refractivity contribution is 7.89. The summed E-state index contributed by atoms with van der Waals surface area (Å²) >= 11 is 11.8. The Morgan fingerprint density at radius 3 is 2.47 bits per heavy atom. The second-order valence-corrected chi connectivity index (χ2v) is 9.60. The van der Waals surface area contributed by atoms with Gasteiger partial charge >= 0.3 is 0 Å². The first-order valence-corrected chi connectivity index (χ1v) is 11.5. The third-order valence-corrected chi connectivity index (χ3v) is 6.83. The normalized spacial score (nSPS) is 13.3. The Balaban J connectivity index is 1.48. The van der Waals surface area contributed by atoms with Gasteiger partial charge in [0.1, 0.15) is 0 Å². The van der Waals surface area contributed by atoms with Gasteiger partial charge < -0.3 is 4.90 Å². The first-order chi connectivity index (χ1) is 14.3. The first kappa shape index (κ1) is 20.9. The van der Waals surface area contributed by atoms with E-state index in [0.717, 1.165) is 16.8 Å². The number of fused-ring (bicyclic) bond motifs is 1. The molecular weight excluding hydrogens is 443 g/mol. The van der Waals surface area contributed by atoms with Crippen LogP contribution in [-0.4, -0.2) is 20.9 Å². The van der Waals surface area contributed by atoms with Crippen molar-refractivity contribution >= 4 is 44.8 Å². The molecule has 3 aromatic rings. The number of nitrogens with one attached hydrogen (secondary N) is 1. The number of halogens is 2. The van der Waals surface area contributed by atoms with Crippen molar-refractivity contribution in [1.82, 2.24) is 4.72 Å². The molecule has 4 rings (SSSR count). The standard InChI is InChI=1S/C22H18Cl2N2O3S/c23-18-7-5-16(6-8-18)22(27)26-11-10-17-12-15(4-9-21(17)26)14-25-30(28,29)20-3-1-2-19(24)13-20/h1-9,12-13,25H,10-11,14H2. The molecule has 0 saturated heterocycles. The molecule has 8 heteroatoms. The third kappa shape index (κ3) is 4.37. The van der Waals surface area contributed by atoms with Crippen molar-refractivity contribution in [2.24, 2.45) is 0 Å². The van der Waals surface area contributed by atoms with E-state index >= 15 is 0 Å². The van der Waals surface area contributed by atoms with E-state index in [1.54, 1.807) is 41.3 Å². The number of sulfonamides is 1. The van der Waals surface area contributed by atoms with Crippen LogP contribution in [0.3, 0.4) is 0 Å². The number of amides is 1. The summed E-state index contributed by atoms with van der Waals surface area (Å²) in [5.41, 5.74) is 3.25. The van der Waals surface area contributed by atoms with Gasteiger partial charge in [-0.25, -0.2) is 13.1 Å². The Morgan fingerprint density at radius 2 is 1.73 bits per heavy atom. The average Bonchev–Trinajstić information content (AvgIpc) is 3.15. The molecule has 30 heavy (non-hydrogen) atoms. The molecule has 1 N–H and O–H groups in total. The van der Waals surface area contributed by atoms with Gasteiger partial charge in [0.05, 0.1) is 4.90 Å². The molecule has 0 bridgehead atoms. The second kappa shape index (κ2) is 8.40. The lowest BCUT2D eigenvalue weighted by Crippen LogP contribution is -2.28. The highest BCUT2D eigenvalue weighted by atomic mass is 35.5. The van der Waals surface area contributed by atoms with Crippen LogP contribution in [0.15, 0.2) is 71.6 Å². The Bertz CT molecular complexity index is 1210. The van der Waals surface area contributed by atoms with E-state index in [2.05, 4.69) is 4.72 Å². The molecule has 0 aliphatic carbocycles. The quantitative estimate of drug-likeness (QED) is 0.601. The summed E-state index contributed by atoms with van der Waals surface area (Å²) < 4.78 is 27.6. The topological polar surface area (TPSA) is 66.5 Å². The summed E-state index contributed by atoms with van der Waals surface area (Å²) in [4.78, 5) is 14.7. The maximum Gasteiger partial charge on any atom is 0.258 e. The summed E-state index contributed by atoms with van der Waals surface area (Å²) in [7, 11) is -3.67. The van der Waals surface area contributed by atoms with Gasteiger partial charge in [0.25, 0.3) is 5.91 Å². The smallest absolute Gasteiger partial charge is 0.258 e. The van der Waals surface area contributed by atoms with E-state index in [1.807, 2.05) is 18.2 Å². The summed E-state index contributed by atoms with van der Waals surface area (Å²) in [5, 5.41) is 0.944. The predicted molar refractivity (Wildman–Crippen MR) is 119 cm³/mol. The fraction of sp³-hybridized carbons (Fsp3) is 0.136. The van der Waals surface area contributed by atoms with Crippen LogP contribution in [0.2, 0.25) is 10.0 Å². The fourth-order valence-corrected chi connectivity index (χ4v) is 4.86. The lowest BCUT2D eigenvalue weighted by atomic mass is 10.1. The number of carbonyl (C=O) groups excluding carboxylic acids is 1. The van der Waals surface area contributed by atoms with Crippen molar-refractivity contribution in [2.75, 3.05) is 11.4 Å². The number of anilines is 1. The van der Waals surface area contributed by atoms with Crippen molar-refractivity contribution in [3.8, 4) is 0 Å². The van der Waals surface area contributed by atoms with Gasteiger partial charge in [-0.1, -0.05) is 41.4 Å². The molecule has 0 spiro atoms. The van der Waals surface area contributed by atoms with E-state index in [-0.39, 0.29) is 17.3 Å². The third-order valence-electron chi connectivity index (χ3n) is 4.95. The van der Waals surface area contributed by atoms with Crippen molar-refractivity contribution < 1.29 is 13.2 Å². The van der Waals surface area contributed by atoms with Gasteiger partial charge in [0.15, 0.2) is 0 Å². The van der Waals surface area contributed by atoms with Crippen LogP contribution in [0, 0.1) is 0 Å². The highest BCUT2D eigenvalue weighted by Gasteiger charge is 2.26. The van der Waals surface area contributed by atoms with E-state index in [9.17, 15) is 13.2 Å². The predicted octanol–water partition coefficient (Wildman–Crippen LogP) is 4.67. The summed E-state index contributed by atoms with van der Waals surface area (Å²) in [6, 6.07) is 18.6. The molecule has 0 radical (unpaired) electrons. The molecule has 0 atom stereocenters. The monoisotopic (exact) mass is 460 g/mol. The minimum Gasteiger partial charge on any atom is -0.308 e. The van der Waals surface area contributed by atoms with Crippen LogP contribution < -0.4 is 9.62 Å². The molecular formula is C22H18Cl2N2O3S. The maximum absolute atomic E-state index is 12.8. The Morgan fingerprint density at radius 1 is 0.967 bits per heavy atom. The van der Waals surface area contributed by atoms with Crippen LogP contribution in [-0.2, 0) is 23.0 Å². The number of hydrogen-bond donors (Lipinski definition) is 1. The maximum atomic E-state index is 12.8. The molecule has 1 heterocycles. The van der Waals surface area contributed by atoms with Crippen LogP contribution in [0.4, 0.5) is 5.69 Å². The van der Waals surface area contributed by atoms with E-state index in [4.69, 9.17) is 23.2 Å². The van der Waals surface area contributed by atoms with Crippen molar-refractivity contribution in [1.29, 1.82) is 0 Å². The second-order valence-electron chi connectivity index (χ2n) is 6.96. The largest absolute Gasteiger partial charge is 0.308 e. The van der Waals surface area contributed by atoms with E-state index in [1.165, 1.54) is 12.1 Å². The summed E-state index contributed by atoms with van der Waals surface area (Å²) in [6.45, 7) is 0.724. The molecule has 1 aliphatic heterocycles. The van der Waals surface area contributed by atoms with Gasteiger partial charge in [-0.05, 0) is 66.1 Å². The molecule has 3 aromatic carbocycles. The van der Waals surface area contributed by atoms with Crippen LogP contribution in [0.5, 0.6) is 0 Å². The zero-order valence-corrected chi connectivity index (χ0v) is 18.1. The first-order valence-electron chi connectivity index (χ1n) is 9.28. The van der Waals surface area contributed by atoms with Gasteiger partial charge in [-0.15, -0.1) is 0 Å². The molecule has 1 amide bonds. The lowest BCUT2D eigenvalue weighted by Gasteiger charge is -2.18. The molecule has 0 unspecified atom stereocenters. The summed E-state index contributed by atoms with van der Waals surface area (Å²) in [5.74, 6) is -0.0835. The Labute approximate surface area is 185 Å². The van der Waals surface area contributed by atoms with Crippen molar-refractivity contribution in [3.63, 3.8) is 0 Å². The lowest BCUT2D eigenvalue weighted by molar-refractivity contribution is 0.0989. The molecule has 1 aliphatic rings. The Hall–Kier alpha value is -2.38. The zero-order chi connectivity index (χ0) is 21.3. The minimum atomic E-state index is -3.67. The number of benzene rings is 3. The Kier molecular flexibility index (Phi) is 5.84. The summed E-state index contributed by atoms with van der Waals surface area (Å²) in [6.07, 6.45) is 0.712. The molecule has 5 nitrogen and oxygen atoms in total. The molecule has 0 saturated carbocycles. The molecule has 0 aromatic heterocycles. The van der Waals surface area contributed by atoms with Crippen molar-refractivity contribution in [2.45, 2.75) is 17.9 Å². The van der Waals surface area contributed by atoms with Crippen molar-refractivity contribution in [3.05, 3.63) is 93.5 Å². The van der Waals surface area contributed by atoms with Gasteiger partial charge in [-0.3, -0.25) is 4.79 Å². The SMILES string of the molecule is O=C(c1ccc(Cl)cc1)N1CCc2cc(CNS(=O)(=O)c3cccc(Cl)c3)ccc21.